The predicted octanol–water partition coefficient (Wildman–Crippen LogP) is 3.40. The number of benzene rings is 2. The highest BCUT2D eigenvalue weighted by Gasteiger charge is 2.26. The lowest BCUT2D eigenvalue weighted by Gasteiger charge is -2.38. The van der Waals surface area contributed by atoms with Gasteiger partial charge in [-0.25, -0.2) is 8.42 Å². The van der Waals surface area contributed by atoms with Crippen molar-refractivity contribution >= 4 is 33.0 Å². The third kappa shape index (κ3) is 8.14. The Hall–Kier alpha value is -2.83. The molecular weight excluding hydrogens is 544 g/mol. The Kier molecular flexibility index (Phi) is 10.5. The van der Waals surface area contributed by atoms with Gasteiger partial charge >= 0.3 is 0 Å². The molecule has 11 heteroatoms. The third-order valence-corrected chi connectivity index (χ3v) is 9.58. The molecule has 2 aromatic rings. The summed E-state index contributed by atoms with van der Waals surface area (Å²) in [4.78, 5) is 29.8. The van der Waals surface area contributed by atoms with E-state index in [9.17, 15) is 18.0 Å². The van der Waals surface area contributed by atoms with Gasteiger partial charge in [0.2, 0.25) is 21.7 Å². The summed E-state index contributed by atoms with van der Waals surface area (Å²) < 4.78 is 37.4. The molecule has 0 bridgehead atoms. The first-order chi connectivity index (χ1) is 19.5. The molecule has 2 heterocycles. The molecule has 0 saturated carbocycles. The van der Waals surface area contributed by atoms with Crippen LogP contribution in [0.25, 0.3) is 0 Å². The maximum atomic E-state index is 13.2. The Morgan fingerprint density at radius 3 is 1.29 bits per heavy atom. The van der Waals surface area contributed by atoms with E-state index in [1.54, 1.807) is 24.3 Å². The van der Waals surface area contributed by atoms with Gasteiger partial charge in [0.25, 0.3) is 0 Å². The standard InChI is InChI=1S/C30H42N4O6S/c1-21-17-39-18-22(2)33(21)15-13-29(35)31-25-5-9-27(10-6-25)41(37,38)28-11-7-26(8-12-28)32-30(36)14-16-34-23(3)19-40-20-24(34)4/h5-12,21-24H,13-20H2,1-4H3,(H,31,35)(H,32,36)/t21-,22-,23-,24+/m1/s1. The maximum Gasteiger partial charge on any atom is 0.225 e. The average Bonchev–Trinajstić information content (AvgIpc) is 2.93. The van der Waals surface area contributed by atoms with Crippen LogP contribution in [0.5, 0.6) is 0 Å². The van der Waals surface area contributed by atoms with E-state index in [0.717, 1.165) is 0 Å². The molecule has 2 aromatic carbocycles. The molecular formula is C30H42N4O6S. The van der Waals surface area contributed by atoms with Crippen molar-refractivity contribution in [3.63, 3.8) is 0 Å². The van der Waals surface area contributed by atoms with E-state index in [0.29, 0.717) is 63.7 Å². The average molecular weight is 587 g/mol. The molecule has 2 N–H and O–H groups in total. The summed E-state index contributed by atoms with van der Waals surface area (Å²) in [5.41, 5.74) is 1.08. The van der Waals surface area contributed by atoms with Crippen molar-refractivity contribution in [3.8, 4) is 0 Å². The summed E-state index contributed by atoms with van der Waals surface area (Å²) in [6.07, 6.45) is 0.673. The summed E-state index contributed by atoms with van der Waals surface area (Å²) in [6.45, 7) is 12.3. The number of amides is 2. The Morgan fingerprint density at radius 2 is 0.976 bits per heavy atom. The minimum atomic E-state index is -3.77. The van der Waals surface area contributed by atoms with Crippen LogP contribution in [-0.4, -0.2) is 93.7 Å². The second-order valence-electron chi connectivity index (χ2n) is 11.1. The third-order valence-electron chi connectivity index (χ3n) is 7.79. The van der Waals surface area contributed by atoms with Gasteiger partial charge in [-0.15, -0.1) is 0 Å². The van der Waals surface area contributed by atoms with Crippen LogP contribution in [0.4, 0.5) is 11.4 Å². The van der Waals surface area contributed by atoms with Crippen LogP contribution in [0.15, 0.2) is 58.3 Å². The minimum Gasteiger partial charge on any atom is -0.378 e. The zero-order chi connectivity index (χ0) is 29.6. The molecule has 2 saturated heterocycles. The molecule has 4 atom stereocenters. The molecule has 2 aliphatic heterocycles. The number of nitrogens with zero attached hydrogens (tertiary/aromatic N) is 2. The second kappa shape index (κ2) is 13.9. The molecule has 4 rings (SSSR count). The number of rotatable bonds is 10. The van der Waals surface area contributed by atoms with Gasteiger partial charge in [-0.1, -0.05) is 0 Å². The Morgan fingerprint density at radius 1 is 0.659 bits per heavy atom. The van der Waals surface area contributed by atoms with E-state index < -0.39 is 9.84 Å². The number of hydrogen-bond acceptors (Lipinski definition) is 8. The second-order valence-corrected chi connectivity index (χ2v) is 13.0. The summed E-state index contributed by atoms with van der Waals surface area (Å²) in [5.74, 6) is -0.254. The highest BCUT2D eigenvalue weighted by atomic mass is 32.2. The first kappa shape index (κ1) is 31.1. The van der Waals surface area contributed by atoms with Crippen LogP contribution in [0.1, 0.15) is 40.5 Å². The number of anilines is 2. The largest absolute Gasteiger partial charge is 0.378 e. The Balaban J connectivity index is 1.28. The first-order valence-electron chi connectivity index (χ1n) is 14.3. The van der Waals surface area contributed by atoms with Crippen LogP contribution in [0.2, 0.25) is 0 Å². The van der Waals surface area contributed by atoms with Gasteiger partial charge in [0.15, 0.2) is 0 Å². The molecule has 0 unspecified atom stereocenters. The van der Waals surface area contributed by atoms with Crippen LogP contribution in [0, 0.1) is 0 Å². The van der Waals surface area contributed by atoms with Crippen molar-refractivity contribution in [3.05, 3.63) is 48.5 Å². The highest BCUT2D eigenvalue weighted by molar-refractivity contribution is 7.91. The fourth-order valence-electron chi connectivity index (χ4n) is 5.43. The zero-order valence-corrected chi connectivity index (χ0v) is 25.2. The van der Waals surface area contributed by atoms with Crippen LogP contribution >= 0.6 is 0 Å². The lowest BCUT2D eigenvalue weighted by atomic mass is 10.1. The van der Waals surface area contributed by atoms with E-state index in [2.05, 4.69) is 48.1 Å². The molecule has 224 valence electrons. The predicted molar refractivity (Wildman–Crippen MR) is 158 cm³/mol. The van der Waals surface area contributed by atoms with E-state index >= 15 is 0 Å². The molecule has 2 amide bonds. The normalized spacial score (nSPS) is 24.1. The number of carbonyl (C=O) groups is 2. The fraction of sp³-hybridized carbons (Fsp3) is 0.533. The van der Waals surface area contributed by atoms with Gasteiger partial charge < -0.3 is 20.1 Å². The molecule has 2 fully saturated rings. The number of ether oxygens (including phenoxy) is 2. The zero-order valence-electron chi connectivity index (χ0n) is 24.3. The molecule has 2 aliphatic rings. The van der Waals surface area contributed by atoms with Gasteiger partial charge in [-0.05, 0) is 76.2 Å². The molecule has 0 aliphatic carbocycles. The van der Waals surface area contributed by atoms with Crippen molar-refractivity contribution in [2.24, 2.45) is 0 Å². The van der Waals surface area contributed by atoms with Crippen molar-refractivity contribution < 1.29 is 27.5 Å². The SMILES string of the molecule is C[C@@H]1COC[C@@H](C)N1CCC(=O)Nc1ccc(S(=O)(=O)c2ccc(NC(=O)CCN3[C@H](C)COC[C@@H]3C)cc2)cc1. The number of nitrogens with one attached hydrogen (secondary N) is 2. The number of morpholine rings is 2. The molecule has 0 aromatic heterocycles. The first-order valence-corrected chi connectivity index (χ1v) is 15.7. The van der Waals surface area contributed by atoms with Crippen LogP contribution in [0.3, 0.4) is 0 Å². The van der Waals surface area contributed by atoms with Crippen LogP contribution in [-0.2, 0) is 28.9 Å². The van der Waals surface area contributed by atoms with E-state index in [4.69, 9.17) is 9.47 Å². The molecule has 41 heavy (non-hydrogen) atoms. The monoisotopic (exact) mass is 586 g/mol. The van der Waals surface area contributed by atoms with Gasteiger partial charge in [-0.3, -0.25) is 19.4 Å². The van der Waals surface area contributed by atoms with Gasteiger partial charge in [-0.2, -0.15) is 0 Å². The smallest absolute Gasteiger partial charge is 0.225 e. The quantitative estimate of drug-likeness (QED) is 0.435. The van der Waals surface area contributed by atoms with E-state index in [1.807, 2.05) is 0 Å². The lowest BCUT2D eigenvalue weighted by Crippen LogP contribution is -2.50. The van der Waals surface area contributed by atoms with Crippen molar-refractivity contribution in [1.82, 2.24) is 9.80 Å². The fourth-order valence-corrected chi connectivity index (χ4v) is 6.69. The van der Waals surface area contributed by atoms with Crippen molar-refractivity contribution in [2.45, 2.75) is 74.5 Å². The van der Waals surface area contributed by atoms with Gasteiger partial charge in [0.1, 0.15) is 0 Å². The minimum absolute atomic E-state index is 0.122. The van der Waals surface area contributed by atoms with Crippen molar-refractivity contribution in [1.29, 1.82) is 0 Å². The Labute approximate surface area is 243 Å². The lowest BCUT2D eigenvalue weighted by molar-refractivity contribution is -0.118. The maximum absolute atomic E-state index is 13.2. The van der Waals surface area contributed by atoms with Crippen LogP contribution < -0.4 is 10.6 Å². The summed E-state index contributed by atoms with van der Waals surface area (Å²) >= 11 is 0. The molecule has 10 nitrogen and oxygen atoms in total. The number of carbonyl (C=O) groups excluding carboxylic acids is 2. The topological polar surface area (TPSA) is 117 Å². The van der Waals surface area contributed by atoms with E-state index in [-0.39, 0.29) is 45.8 Å². The summed E-state index contributed by atoms with van der Waals surface area (Å²) in [6, 6.07) is 13.4. The highest BCUT2D eigenvalue weighted by Crippen LogP contribution is 2.24. The van der Waals surface area contributed by atoms with Gasteiger partial charge in [0.05, 0.1) is 36.2 Å². The van der Waals surface area contributed by atoms with E-state index in [1.165, 1.54) is 24.3 Å². The Bertz CT molecular complexity index is 1170. The van der Waals surface area contributed by atoms with Crippen molar-refractivity contribution in [2.75, 3.05) is 50.2 Å². The molecule has 0 spiro atoms. The number of hydrogen-bond donors (Lipinski definition) is 2. The molecule has 0 radical (unpaired) electrons. The summed E-state index contributed by atoms with van der Waals surface area (Å²) in [5, 5.41) is 5.70. The summed E-state index contributed by atoms with van der Waals surface area (Å²) in [7, 11) is -3.77. The van der Waals surface area contributed by atoms with Gasteiger partial charge in [0, 0.05) is 61.5 Å². The number of sulfone groups is 1.